The zero-order valence-corrected chi connectivity index (χ0v) is 10.3. The third-order valence-electron chi connectivity index (χ3n) is 2.32. The lowest BCUT2D eigenvalue weighted by Gasteiger charge is -2.08. The second kappa shape index (κ2) is 6.91. The molecule has 1 aromatic rings. The number of rotatable bonds is 6. The second-order valence-electron chi connectivity index (χ2n) is 3.87. The molecule has 0 fully saturated rings. The first-order valence-corrected chi connectivity index (χ1v) is 5.80. The number of benzene rings is 1. The normalized spacial score (nSPS) is 10.2. The number of phenolic OH excluding ortho intramolecular Hbond substituents is 1. The number of aromatic hydroxyl groups is 1. The van der Waals surface area contributed by atoms with Crippen LogP contribution in [-0.2, 0) is 9.53 Å². The van der Waals surface area contributed by atoms with Gasteiger partial charge in [0.25, 0.3) is 0 Å². The summed E-state index contributed by atoms with van der Waals surface area (Å²) >= 11 is 0. The van der Waals surface area contributed by atoms with Crippen LogP contribution >= 0.6 is 0 Å². The molecule has 0 radical (unpaired) electrons. The molecule has 4 heteroatoms. The molecule has 0 bridgehead atoms. The maximum Gasteiger partial charge on any atom is 0.224 e. The lowest BCUT2D eigenvalue weighted by Crippen LogP contribution is -2.12. The Bertz CT molecular complexity index is 377. The maximum absolute atomic E-state index is 11.6. The van der Waals surface area contributed by atoms with Gasteiger partial charge in [0.2, 0.25) is 5.91 Å². The van der Waals surface area contributed by atoms with E-state index in [2.05, 4.69) is 5.32 Å². The SMILES string of the molecule is CCOCCCC(=O)Nc1cc(C)ccc1O. The van der Waals surface area contributed by atoms with E-state index in [1.807, 2.05) is 13.8 Å². The molecule has 1 rings (SSSR count). The minimum absolute atomic E-state index is 0.0914. The van der Waals surface area contributed by atoms with Gasteiger partial charge in [0.1, 0.15) is 5.75 Å². The van der Waals surface area contributed by atoms with Crippen LogP contribution < -0.4 is 5.32 Å². The molecule has 17 heavy (non-hydrogen) atoms. The number of amides is 1. The molecule has 94 valence electrons. The lowest BCUT2D eigenvalue weighted by atomic mass is 10.2. The van der Waals surface area contributed by atoms with Gasteiger partial charge in [-0.05, 0) is 38.0 Å². The second-order valence-corrected chi connectivity index (χ2v) is 3.87. The molecule has 0 atom stereocenters. The molecule has 1 aromatic carbocycles. The third kappa shape index (κ3) is 4.87. The first-order chi connectivity index (χ1) is 8.13. The molecule has 0 aromatic heterocycles. The number of ether oxygens (including phenoxy) is 1. The van der Waals surface area contributed by atoms with Gasteiger partial charge in [0, 0.05) is 19.6 Å². The molecule has 0 aliphatic carbocycles. The predicted molar refractivity (Wildman–Crippen MR) is 67.2 cm³/mol. The van der Waals surface area contributed by atoms with Crippen molar-refractivity contribution in [1.82, 2.24) is 0 Å². The van der Waals surface area contributed by atoms with Crippen molar-refractivity contribution in [2.75, 3.05) is 18.5 Å². The summed E-state index contributed by atoms with van der Waals surface area (Å²) in [6.07, 6.45) is 1.08. The van der Waals surface area contributed by atoms with Crippen molar-refractivity contribution in [3.63, 3.8) is 0 Å². The van der Waals surface area contributed by atoms with E-state index < -0.39 is 0 Å². The molecular weight excluding hydrogens is 218 g/mol. The van der Waals surface area contributed by atoms with Crippen molar-refractivity contribution in [3.05, 3.63) is 23.8 Å². The van der Waals surface area contributed by atoms with Gasteiger partial charge >= 0.3 is 0 Å². The molecule has 4 nitrogen and oxygen atoms in total. The summed E-state index contributed by atoms with van der Waals surface area (Å²) in [7, 11) is 0. The van der Waals surface area contributed by atoms with Crippen molar-refractivity contribution in [1.29, 1.82) is 0 Å². The van der Waals surface area contributed by atoms with Gasteiger partial charge in [-0.3, -0.25) is 4.79 Å². The Kier molecular flexibility index (Phi) is 5.49. The quantitative estimate of drug-likeness (QED) is 0.590. The summed E-state index contributed by atoms with van der Waals surface area (Å²) in [4.78, 5) is 11.6. The Morgan fingerprint density at radius 2 is 2.24 bits per heavy atom. The summed E-state index contributed by atoms with van der Waals surface area (Å²) < 4.78 is 5.15. The minimum Gasteiger partial charge on any atom is -0.506 e. The van der Waals surface area contributed by atoms with Gasteiger partial charge < -0.3 is 15.2 Å². The van der Waals surface area contributed by atoms with E-state index in [1.54, 1.807) is 18.2 Å². The number of nitrogens with one attached hydrogen (secondary N) is 1. The predicted octanol–water partition coefficient (Wildman–Crippen LogP) is 2.46. The zero-order chi connectivity index (χ0) is 12.7. The van der Waals surface area contributed by atoms with Crippen LogP contribution in [0.3, 0.4) is 0 Å². The van der Waals surface area contributed by atoms with Crippen LogP contribution in [0.5, 0.6) is 5.75 Å². The first kappa shape index (κ1) is 13.5. The molecule has 1 amide bonds. The highest BCUT2D eigenvalue weighted by molar-refractivity contribution is 5.92. The van der Waals surface area contributed by atoms with Gasteiger partial charge in [0.15, 0.2) is 0 Å². The molecule has 0 saturated heterocycles. The van der Waals surface area contributed by atoms with Crippen molar-refractivity contribution in [3.8, 4) is 5.75 Å². The van der Waals surface area contributed by atoms with Crippen molar-refractivity contribution in [2.24, 2.45) is 0 Å². The number of carbonyl (C=O) groups excluding carboxylic acids is 1. The van der Waals surface area contributed by atoms with Crippen molar-refractivity contribution in [2.45, 2.75) is 26.7 Å². The summed E-state index contributed by atoms with van der Waals surface area (Å²) in [5.74, 6) is -0.0145. The highest BCUT2D eigenvalue weighted by Gasteiger charge is 2.06. The van der Waals surface area contributed by atoms with Crippen molar-refractivity contribution < 1.29 is 14.6 Å². The Morgan fingerprint density at radius 3 is 2.94 bits per heavy atom. The van der Waals surface area contributed by atoms with Crippen LogP contribution in [0.1, 0.15) is 25.3 Å². The number of hydrogen-bond acceptors (Lipinski definition) is 3. The van der Waals surface area contributed by atoms with Crippen LogP contribution in [0, 0.1) is 6.92 Å². The van der Waals surface area contributed by atoms with Gasteiger partial charge in [-0.1, -0.05) is 6.07 Å². The molecule has 0 unspecified atom stereocenters. The molecular formula is C13H19NO3. The van der Waals surface area contributed by atoms with Crippen LogP contribution in [0.4, 0.5) is 5.69 Å². The van der Waals surface area contributed by atoms with E-state index in [4.69, 9.17) is 4.74 Å². The molecule has 2 N–H and O–H groups in total. The van der Waals surface area contributed by atoms with Gasteiger partial charge in [-0.15, -0.1) is 0 Å². The van der Waals surface area contributed by atoms with Crippen molar-refractivity contribution >= 4 is 11.6 Å². The highest BCUT2D eigenvalue weighted by Crippen LogP contribution is 2.23. The highest BCUT2D eigenvalue weighted by atomic mass is 16.5. The fourth-order valence-electron chi connectivity index (χ4n) is 1.44. The first-order valence-electron chi connectivity index (χ1n) is 5.80. The minimum atomic E-state index is -0.106. The number of hydrogen-bond donors (Lipinski definition) is 2. The lowest BCUT2D eigenvalue weighted by molar-refractivity contribution is -0.116. The van der Waals surface area contributed by atoms with E-state index >= 15 is 0 Å². The fourth-order valence-corrected chi connectivity index (χ4v) is 1.44. The van der Waals surface area contributed by atoms with E-state index in [-0.39, 0.29) is 11.7 Å². The molecule has 0 heterocycles. The summed E-state index contributed by atoms with van der Waals surface area (Å²) in [5.41, 5.74) is 1.46. The van der Waals surface area contributed by atoms with Gasteiger partial charge in [-0.2, -0.15) is 0 Å². The zero-order valence-electron chi connectivity index (χ0n) is 10.3. The maximum atomic E-state index is 11.6. The Balaban J connectivity index is 2.42. The van der Waals surface area contributed by atoms with E-state index in [9.17, 15) is 9.90 Å². The smallest absolute Gasteiger partial charge is 0.224 e. The number of carbonyl (C=O) groups is 1. The molecule has 0 spiro atoms. The van der Waals surface area contributed by atoms with E-state index in [0.717, 1.165) is 5.56 Å². The van der Waals surface area contributed by atoms with Crippen LogP contribution in [-0.4, -0.2) is 24.2 Å². The standard InChI is InChI=1S/C13H19NO3/c1-3-17-8-4-5-13(16)14-11-9-10(2)6-7-12(11)15/h6-7,9,15H,3-5,8H2,1-2H3,(H,14,16). The average molecular weight is 237 g/mol. The van der Waals surface area contributed by atoms with Crippen LogP contribution in [0.25, 0.3) is 0 Å². The summed E-state index contributed by atoms with van der Waals surface area (Å²) in [6, 6.07) is 5.11. The third-order valence-corrected chi connectivity index (χ3v) is 2.32. The summed E-state index contributed by atoms with van der Waals surface area (Å²) in [6.45, 7) is 5.08. The topological polar surface area (TPSA) is 58.6 Å². The molecule has 0 saturated carbocycles. The Morgan fingerprint density at radius 1 is 1.47 bits per heavy atom. The van der Waals surface area contributed by atoms with Gasteiger partial charge in [0.05, 0.1) is 5.69 Å². The number of anilines is 1. The van der Waals surface area contributed by atoms with Crippen LogP contribution in [0.15, 0.2) is 18.2 Å². The van der Waals surface area contributed by atoms with E-state index in [1.165, 1.54) is 0 Å². The molecule has 0 aliphatic rings. The summed E-state index contributed by atoms with van der Waals surface area (Å²) in [5, 5.41) is 12.2. The Labute approximate surface area is 102 Å². The number of phenols is 1. The largest absolute Gasteiger partial charge is 0.506 e. The van der Waals surface area contributed by atoms with Gasteiger partial charge in [-0.25, -0.2) is 0 Å². The van der Waals surface area contributed by atoms with Crippen LogP contribution in [0.2, 0.25) is 0 Å². The molecule has 0 aliphatic heterocycles. The van der Waals surface area contributed by atoms with E-state index in [0.29, 0.717) is 31.7 Å². The number of aryl methyl sites for hydroxylation is 1. The Hall–Kier alpha value is -1.55. The average Bonchev–Trinajstić information content (AvgIpc) is 2.29. The monoisotopic (exact) mass is 237 g/mol. The fraction of sp³-hybridized carbons (Fsp3) is 0.462.